The number of aryl methyl sites for hydroxylation is 2. The molecule has 2 aromatic heterocycles. The molecule has 0 spiro atoms. The molecule has 3 rings (SSSR count). The van der Waals surface area contributed by atoms with E-state index < -0.39 is 34.2 Å². The second-order valence-corrected chi connectivity index (χ2v) is 6.41. The summed E-state index contributed by atoms with van der Waals surface area (Å²) in [6.45, 7) is 3.04. The Kier molecular flexibility index (Phi) is 5.27. The summed E-state index contributed by atoms with van der Waals surface area (Å²) in [5.74, 6) is -3.01. The Morgan fingerprint density at radius 1 is 0.897 bits per heavy atom. The molecule has 3 aromatic rings. The number of carbonyl (C=O) groups is 1. The lowest BCUT2D eigenvalue weighted by Crippen LogP contribution is -2.13. The van der Waals surface area contributed by atoms with Crippen LogP contribution in [0.4, 0.5) is 0 Å². The third kappa shape index (κ3) is 3.77. The second-order valence-electron chi connectivity index (χ2n) is 6.41. The quantitative estimate of drug-likeness (QED) is 0.642. The number of carbonyl (C=O) groups excluding carboxylic acids is 1. The molecule has 29 heavy (non-hydrogen) atoms. The monoisotopic (exact) mass is 398 g/mol. The number of methoxy groups -OCH3 is 1. The number of aromatic hydroxyl groups is 2. The van der Waals surface area contributed by atoms with Crippen molar-refractivity contribution in [2.45, 2.75) is 19.8 Å². The Labute approximate surface area is 164 Å². The van der Waals surface area contributed by atoms with Gasteiger partial charge in [0.25, 0.3) is 0 Å². The van der Waals surface area contributed by atoms with Crippen molar-refractivity contribution >= 4 is 5.97 Å². The van der Waals surface area contributed by atoms with E-state index in [2.05, 4.69) is 4.74 Å². The van der Waals surface area contributed by atoms with Crippen molar-refractivity contribution in [1.82, 2.24) is 0 Å². The van der Waals surface area contributed by atoms with Gasteiger partial charge in [-0.2, -0.15) is 0 Å². The standard InChI is InChI=1S/C21H18O8/c1-10-8-14(22)17(24)19(28-10)16(20-18(25)15(23)9-11(2)29-20)12-4-6-13(7-5-12)21(26)27-3/h4-9,16,24-25H,1-3H3. The molecule has 2 heterocycles. The number of benzene rings is 1. The summed E-state index contributed by atoms with van der Waals surface area (Å²) in [7, 11) is 1.25. The minimum absolute atomic E-state index is 0.204. The van der Waals surface area contributed by atoms with Gasteiger partial charge in [-0.3, -0.25) is 9.59 Å². The predicted molar refractivity (Wildman–Crippen MR) is 101 cm³/mol. The third-order valence-electron chi connectivity index (χ3n) is 4.33. The first-order chi connectivity index (χ1) is 13.7. The van der Waals surface area contributed by atoms with Gasteiger partial charge >= 0.3 is 5.97 Å². The first kappa shape index (κ1) is 19.9. The lowest BCUT2D eigenvalue weighted by atomic mass is 9.91. The maximum absolute atomic E-state index is 12.1. The minimum Gasteiger partial charge on any atom is -0.502 e. The van der Waals surface area contributed by atoms with Crippen LogP contribution in [-0.4, -0.2) is 23.3 Å². The van der Waals surface area contributed by atoms with Gasteiger partial charge in [-0.25, -0.2) is 4.79 Å². The number of ether oxygens (including phenoxy) is 1. The number of rotatable bonds is 4. The van der Waals surface area contributed by atoms with Gasteiger partial charge in [0.05, 0.1) is 12.7 Å². The molecule has 2 N–H and O–H groups in total. The highest BCUT2D eigenvalue weighted by Gasteiger charge is 2.31. The van der Waals surface area contributed by atoms with Crippen LogP contribution in [0.25, 0.3) is 0 Å². The van der Waals surface area contributed by atoms with E-state index in [-0.39, 0.29) is 28.6 Å². The molecular weight excluding hydrogens is 380 g/mol. The lowest BCUT2D eigenvalue weighted by Gasteiger charge is -2.18. The predicted octanol–water partition coefficient (Wildman–Crippen LogP) is 2.59. The molecule has 150 valence electrons. The van der Waals surface area contributed by atoms with Gasteiger partial charge in [0.1, 0.15) is 17.4 Å². The highest BCUT2D eigenvalue weighted by Crippen LogP contribution is 2.39. The van der Waals surface area contributed by atoms with E-state index in [1.165, 1.54) is 45.2 Å². The summed E-state index contributed by atoms with van der Waals surface area (Å²) in [4.78, 5) is 35.9. The summed E-state index contributed by atoms with van der Waals surface area (Å²) in [6.07, 6.45) is 0. The summed E-state index contributed by atoms with van der Waals surface area (Å²) >= 11 is 0. The van der Waals surface area contributed by atoms with Gasteiger partial charge < -0.3 is 23.8 Å². The van der Waals surface area contributed by atoms with Gasteiger partial charge in [0.15, 0.2) is 11.5 Å². The molecule has 0 saturated carbocycles. The van der Waals surface area contributed by atoms with Gasteiger partial charge in [-0.1, -0.05) is 12.1 Å². The Morgan fingerprint density at radius 2 is 1.34 bits per heavy atom. The first-order valence-corrected chi connectivity index (χ1v) is 8.58. The average Bonchev–Trinajstić information content (AvgIpc) is 2.69. The van der Waals surface area contributed by atoms with Crippen LogP contribution < -0.4 is 10.9 Å². The molecule has 8 nitrogen and oxygen atoms in total. The second kappa shape index (κ2) is 7.67. The zero-order valence-corrected chi connectivity index (χ0v) is 15.9. The molecule has 0 unspecified atom stereocenters. The number of hydrogen-bond acceptors (Lipinski definition) is 8. The van der Waals surface area contributed by atoms with Crippen LogP contribution in [0.2, 0.25) is 0 Å². The van der Waals surface area contributed by atoms with E-state index in [1.54, 1.807) is 0 Å². The van der Waals surface area contributed by atoms with Crippen LogP contribution in [0.3, 0.4) is 0 Å². The molecule has 0 amide bonds. The van der Waals surface area contributed by atoms with Crippen molar-refractivity contribution < 1.29 is 28.6 Å². The van der Waals surface area contributed by atoms with Crippen molar-refractivity contribution in [1.29, 1.82) is 0 Å². The maximum atomic E-state index is 12.1. The van der Waals surface area contributed by atoms with E-state index in [4.69, 9.17) is 8.83 Å². The Bertz CT molecular complexity index is 1120. The average molecular weight is 398 g/mol. The van der Waals surface area contributed by atoms with E-state index in [9.17, 15) is 24.6 Å². The Morgan fingerprint density at radius 3 is 1.76 bits per heavy atom. The fraction of sp³-hybridized carbons (Fsp3) is 0.190. The fourth-order valence-electron chi connectivity index (χ4n) is 2.99. The zero-order valence-electron chi connectivity index (χ0n) is 15.9. The van der Waals surface area contributed by atoms with E-state index >= 15 is 0 Å². The molecule has 0 aliphatic carbocycles. The Hall–Kier alpha value is -3.81. The fourth-order valence-corrected chi connectivity index (χ4v) is 2.99. The highest BCUT2D eigenvalue weighted by atomic mass is 16.5. The molecule has 0 radical (unpaired) electrons. The largest absolute Gasteiger partial charge is 0.502 e. The molecule has 1 aromatic carbocycles. The highest BCUT2D eigenvalue weighted by molar-refractivity contribution is 5.89. The zero-order chi connectivity index (χ0) is 21.3. The summed E-state index contributed by atoms with van der Waals surface area (Å²) < 4.78 is 15.8. The van der Waals surface area contributed by atoms with Crippen molar-refractivity contribution in [2.24, 2.45) is 0 Å². The molecule has 0 aliphatic rings. The third-order valence-corrected chi connectivity index (χ3v) is 4.33. The molecule has 0 fully saturated rings. The first-order valence-electron chi connectivity index (χ1n) is 8.58. The molecular formula is C21H18O8. The Balaban J connectivity index is 2.31. The summed E-state index contributed by atoms with van der Waals surface area (Å²) in [5, 5.41) is 20.7. The van der Waals surface area contributed by atoms with Crippen LogP contribution in [0.15, 0.2) is 54.8 Å². The van der Waals surface area contributed by atoms with E-state index in [0.717, 1.165) is 12.1 Å². The van der Waals surface area contributed by atoms with Crippen LogP contribution >= 0.6 is 0 Å². The van der Waals surface area contributed by atoms with Crippen molar-refractivity contribution in [3.8, 4) is 11.5 Å². The summed E-state index contributed by atoms with van der Waals surface area (Å²) in [5.41, 5.74) is -0.713. The van der Waals surface area contributed by atoms with Gasteiger partial charge in [0.2, 0.25) is 22.4 Å². The SMILES string of the molecule is COC(=O)c1ccc(C(c2oc(C)cc(=O)c2O)c2oc(C)cc(=O)c2O)cc1. The molecule has 0 aliphatic heterocycles. The van der Waals surface area contributed by atoms with E-state index in [1.807, 2.05) is 0 Å². The molecule has 0 bridgehead atoms. The van der Waals surface area contributed by atoms with Crippen molar-refractivity contribution in [3.63, 3.8) is 0 Å². The maximum Gasteiger partial charge on any atom is 0.337 e. The molecule has 0 atom stereocenters. The van der Waals surface area contributed by atoms with Crippen LogP contribution in [-0.2, 0) is 4.74 Å². The smallest absolute Gasteiger partial charge is 0.337 e. The van der Waals surface area contributed by atoms with Crippen LogP contribution in [0.1, 0.15) is 44.9 Å². The van der Waals surface area contributed by atoms with Crippen LogP contribution in [0.5, 0.6) is 11.5 Å². The molecule has 0 saturated heterocycles. The molecule has 8 heteroatoms. The summed E-state index contributed by atoms with van der Waals surface area (Å²) in [6, 6.07) is 8.18. The van der Waals surface area contributed by atoms with Crippen molar-refractivity contribution in [3.05, 3.63) is 91.0 Å². The van der Waals surface area contributed by atoms with E-state index in [0.29, 0.717) is 5.56 Å². The lowest BCUT2D eigenvalue weighted by molar-refractivity contribution is 0.0600. The van der Waals surface area contributed by atoms with Gasteiger partial charge in [-0.15, -0.1) is 0 Å². The van der Waals surface area contributed by atoms with Gasteiger partial charge in [0, 0.05) is 12.1 Å². The topological polar surface area (TPSA) is 127 Å². The minimum atomic E-state index is -1.12. The number of esters is 1. The van der Waals surface area contributed by atoms with Gasteiger partial charge in [-0.05, 0) is 31.5 Å². The van der Waals surface area contributed by atoms with Crippen molar-refractivity contribution in [2.75, 3.05) is 7.11 Å². The number of hydrogen-bond donors (Lipinski definition) is 2. The van der Waals surface area contributed by atoms with Crippen LogP contribution in [0, 0.1) is 13.8 Å². The normalized spacial score (nSPS) is 10.9.